The molecule has 4 heteroatoms. The lowest BCUT2D eigenvalue weighted by Crippen LogP contribution is -2.10. The number of anilines is 6. The highest BCUT2D eigenvalue weighted by molar-refractivity contribution is 7.21. The number of benzene rings is 9. The van der Waals surface area contributed by atoms with Gasteiger partial charge in [-0.05, 0) is 137 Å². The number of aryl methyl sites for hydroxylation is 1. The van der Waals surface area contributed by atoms with E-state index in [1.54, 1.807) is 11.3 Å². The molecule has 0 aliphatic rings. The van der Waals surface area contributed by atoms with E-state index in [0.717, 1.165) is 61.3 Å². The molecule has 60 heavy (non-hydrogen) atoms. The van der Waals surface area contributed by atoms with Gasteiger partial charge < -0.3 is 9.80 Å². The number of thiazole rings is 1. The molecule has 0 spiro atoms. The second-order valence-corrected chi connectivity index (χ2v) is 16.0. The van der Waals surface area contributed by atoms with Crippen LogP contribution in [0.2, 0.25) is 0 Å². The molecule has 0 N–H and O–H groups in total. The maximum Gasteiger partial charge on any atom is 0.124 e. The Morgan fingerprint density at radius 1 is 0.300 bits per heavy atom. The van der Waals surface area contributed by atoms with E-state index in [0.29, 0.717) is 0 Å². The summed E-state index contributed by atoms with van der Waals surface area (Å²) in [5, 5.41) is 1.03. The van der Waals surface area contributed by atoms with Gasteiger partial charge in [-0.25, -0.2) is 4.98 Å². The van der Waals surface area contributed by atoms with Gasteiger partial charge in [0.15, 0.2) is 0 Å². The monoisotopic (exact) mass is 787 g/mol. The van der Waals surface area contributed by atoms with Crippen molar-refractivity contribution in [2.75, 3.05) is 9.80 Å². The first-order chi connectivity index (χ1) is 29.6. The van der Waals surface area contributed by atoms with E-state index in [-0.39, 0.29) is 0 Å². The fourth-order valence-electron chi connectivity index (χ4n) is 7.81. The first-order valence-electron chi connectivity index (χ1n) is 20.3. The van der Waals surface area contributed by atoms with Crippen LogP contribution in [-0.4, -0.2) is 4.98 Å². The zero-order valence-corrected chi connectivity index (χ0v) is 34.0. The minimum atomic E-state index is 1.03. The summed E-state index contributed by atoms with van der Waals surface area (Å²) in [6.07, 6.45) is 0. The Labute approximate surface area is 355 Å². The Morgan fingerprint density at radius 3 is 0.967 bits per heavy atom. The highest BCUT2D eigenvalue weighted by atomic mass is 32.1. The lowest BCUT2D eigenvalue weighted by Gasteiger charge is -2.26. The van der Waals surface area contributed by atoms with Crippen molar-refractivity contribution >= 4 is 55.7 Å². The molecule has 0 aliphatic heterocycles. The van der Waals surface area contributed by atoms with E-state index in [2.05, 4.69) is 241 Å². The van der Waals surface area contributed by atoms with Crippen LogP contribution >= 0.6 is 11.3 Å². The highest BCUT2D eigenvalue weighted by Gasteiger charge is 2.16. The molecule has 0 fully saturated rings. The van der Waals surface area contributed by atoms with Gasteiger partial charge in [-0.3, -0.25) is 0 Å². The first kappa shape index (κ1) is 36.8. The average molecular weight is 788 g/mol. The predicted octanol–water partition coefficient (Wildman–Crippen LogP) is 16.2. The fourth-order valence-corrected chi connectivity index (χ4v) is 8.78. The summed E-state index contributed by atoms with van der Waals surface area (Å²) in [5.74, 6) is 0. The third-order valence-corrected chi connectivity index (χ3v) is 12.1. The minimum Gasteiger partial charge on any atom is -0.311 e. The van der Waals surface area contributed by atoms with Crippen LogP contribution in [0.5, 0.6) is 0 Å². The predicted molar refractivity (Wildman–Crippen MR) is 255 cm³/mol. The third kappa shape index (κ3) is 7.60. The standard InChI is InChI=1S/C56H41N3S/c1-40-16-28-48(29-17-40)58(53-38-26-47(27-39-53)56-57-54-14-8-9-15-55(54)60-56)49-34-22-45(23-35-49)46-24-36-52(37-25-46)59(50-30-18-43(19-31-50)41-10-4-2-5-11-41)51-32-20-44(21-33-51)42-12-6-3-7-13-42/h2-39H,1H3. The van der Waals surface area contributed by atoms with Crippen LogP contribution in [0.3, 0.4) is 0 Å². The van der Waals surface area contributed by atoms with Crippen molar-refractivity contribution in [3.05, 3.63) is 236 Å². The van der Waals surface area contributed by atoms with E-state index >= 15 is 0 Å². The van der Waals surface area contributed by atoms with Gasteiger partial charge in [-0.2, -0.15) is 0 Å². The summed E-state index contributed by atoms with van der Waals surface area (Å²) in [6, 6.07) is 82.4. The zero-order chi connectivity index (χ0) is 40.3. The normalized spacial score (nSPS) is 11.1. The van der Waals surface area contributed by atoms with Crippen molar-refractivity contribution in [1.29, 1.82) is 0 Å². The molecule has 0 saturated heterocycles. The summed E-state index contributed by atoms with van der Waals surface area (Å²) < 4.78 is 1.20. The van der Waals surface area contributed by atoms with E-state index in [1.807, 2.05) is 6.07 Å². The molecule has 1 aromatic heterocycles. The number of rotatable bonds is 10. The quantitative estimate of drug-likeness (QED) is 0.138. The topological polar surface area (TPSA) is 19.4 Å². The molecule has 0 amide bonds. The molecule has 286 valence electrons. The summed E-state index contributed by atoms with van der Waals surface area (Å²) >= 11 is 1.73. The second kappa shape index (κ2) is 16.4. The molecule has 0 saturated carbocycles. The van der Waals surface area contributed by atoms with Crippen LogP contribution in [-0.2, 0) is 0 Å². The lowest BCUT2D eigenvalue weighted by atomic mass is 10.0. The van der Waals surface area contributed by atoms with Gasteiger partial charge in [0.2, 0.25) is 0 Å². The zero-order valence-electron chi connectivity index (χ0n) is 33.2. The van der Waals surface area contributed by atoms with Gasteiger partial charge in [-0.15, -0.1) is 11.3 Å². The van der Waals surface area contributed by atoms with Crippen LogP contribution in [0.1, 0.15) is 5.56 Å². The highest BCUT2D eigenvalue weighted by Crippen LogP contribution is 2.40. The molecule has 1 heterocycles. The number of aromatic nitrogens is 1. The third-order valence-electron chi connectivity index (χ3n) is 11.0. The second-order valence-electron chi connectivity index (χ2n) is 15.0. The Morgan fingerprint density at radius 2 is 0.600 bits per heavy atom. The van der Waals surface area contributed by atoms with Crippen molar-refractivity contribution in [3.8, 4) is 44.0 Å². The van der Waals surface area contributed by atoms with Crippen molar-refractivity contribution in [3.63, 3.8) is 0 Å². The lowest BCUT2D eigenvalue weighted by molar-refractivity contribution is 1.27. The molecule has 9 aromatic carbocycles. The smallest absolute Gasteiger partial charge is 0.124 e. The molecule has 10 rings (SSSR count). The molecule has 0 aliphatic carbocycles. The molecule has 0 atom stereocenters. The van der Waals surface area contributed by atoms with Gasteiger partial charge >= 0.3 is 0 Å². The number of para-hydroxylation sites is 1. The molecule has 0 bridgehead atoms. The number of hydrogen-bond acceptors (Lipinski definition) is 4. The molecule has 0 radical (unpaired) electrons. The van der Waals surface area contributed by atoms with Crippen molar-refractivity contribution in [2.24, 2.45) is 0 Å². The Hall–Kier alpha value is -7.53. The van der Waals surface area contributed by atoms with Gasteiger partial charge in [-0.1, -0.05) is 139 Å². The van der Waals surface area contributed by atoms with Gasteiger partial charge in [0.25, 0.3) is 0 Å². The van der Waals surface area contributed by atoms with Crippen LogP contribution in [0.15, 0.2) is 231 Å². The number of hydrogen-bond donors (Lipinski definition) is 0. The summed E-state index contributed by atoms with van der Waals surface area (Å²) in [5.41, 5.74) is 17.1. The van der Waals surface area contributed by atoms with Gasteiger partial charge in [0, 0.05) is 39.7 Å². The summed E-state index contributed by atoms with van der Waals surface area (Å²) in [4.78, 5) is 9.55. The van der Waals surface area contributed by atoms with Crippen molar-refractivity contribution in [1.82, 2.24) is 4.98 Å². The van der Waals surface area contributed by atoms with Gasteiger partial charge in [0.1, 0.15) is 5.01 Å². The SMILES string of the molecule is Cc1ccc(N(c2ccc(-c3ccc(N(c4ccc(-c5ccccc5)cc4)c4ccc(-c5ccccc5)cc4)cc3)cc2)c2ccc(-c3nc4ccccc4s3)cc2)cc1. The van der Waals surface area contributed by atoms with E-state index in [1.165, 1.54) is 32.5 Å². The van der Waals surface area contributed by atoms with Crippen LogP contribution in [0, 0.1) is 6.92 Å². The fraction of sp³-hybridized carbons (Fsp3) is 0.0179. The van der Waals surface area contributed by atoms with E-state index < -0.39 is 0 Å². The largest absolute Gasteiger partial charge is 0.311 e. The Bertz CT molecular complexity index is 2860. The van der Waals surface area contributed by atoms with Crippen molar-refractivity contribution < 1.29 is 0 Å². The summed E-state index contributed by atoms with van der Waals surface area (Å²) in [6.45, 7) is 2.13. The maximum atomic E-state index is 4.90. The van der Waals surface area contributed by atoms with Crippen LogP contribution in [0.4, 0.5) is 34.1 Å². The maximum absolute atomic E-state index is 4.90. The Balaban J connectivity index is 0.948. The van der Waals surface area contributed by atoms with Gasteiger partial charge in [0.05, 0.1) is 10.2 Å². The summed E-state index contributed by atoms with van der Waals surface area (Å²) in [7, 11) is 0. The van der Waals surface area contributed by atoms with Crippen LogP contribution in [0.25, 0.3) is 54.2 Å². The molecular weight excluding hydrogens is 747 g/mol. The number of fused-ring (bicyclic) bond motifs is 1. The molecule has 10 aromatic rings. The first-order valence-corrected chi connectivity index (χ1v) is 21.1. The van der Waals surface area contributed by atoms with Crippen molar-refractivity contribution in [2.45, 2.75) is 6.92 Å². The minimum absolute atomic E-state index is 1.03. The molecule has 0 unspecified atom stereocenters. The Kier molecular flexibility index (Phi) is 10.0. The molecule has 3 nitrogen and oxygen atoms in total. The van der Waals surface area contributed by atoms with Crippen LogP contribution < -0.4 is 9.80 Å². The van der Waals surface area contributed by atoms with E-state index in [9.17, 15) is 0 Å². The van der Waals surface area contributed by atoms with E-state index in [4.69, 9.17) is 4.98 Å². The molecular formula is C56H41N3S. The number of nitrogens with zero attached hydrogens (tertiary/aromatic N) is 3. The average Bonchev–Trinajstić information content (AvgIpc) is 3.76.